The third-order valence-corrected chi connectivity index (χ3v) is 7.10. The van der Waals surface area contributed by atoms with Gasteiger partial charge in [-0.3, -0.25) is 4.79 Å². The van der Waals surface area contributed by atoms with Gasteiger partial charge in [0, 0.05) is 22.1 Å². The average Bonchev–Trinajstić information content (AvgIpc) is 2.97. The molecule has 0 saturated carbocycles. The van der Waals surface area contributed by atoms with Crippen molar-refractivity contribution in [2.75, 3.05) is 0 Å². The van der Waals surface area contributed by atoms with E-state index >= 15 is 0 Å². The Hall–Kier alpha value is -1.52. The maximum Gasteiger partial charge on any atom is 0.258 e. The first-order chi connectivity index (χ1) is 11.7. The Balaban J connectivity index is 1.49. The summed E-state index contributed by atoms with van der Waals surface area (Å²) in [6.45, 7) is 2.93. The van der Waals surface area contributed by atoms with E-state index in [1.807, 2.05) is 41.7 Å². The highest BCUT2D eigenvalue weighted by Gasteiger charge is 2.26. The molecule has 1 N–H and O–H groups in total. The van der Waals surface area contributed by atoms with Gasteiger partial charge in [0.05, 0.1) is 4.91 Å². The van der Waals surface area contributed by atoms with Gasteiger partial charge in [-0.15, -0.1) is 23.1 Å². The molecule has 1 aromatic carbocycles. The Morgan fingerprint density at radius 1 is 1.25 bits per heavy atom. The summed E-state index contributed by atoms with van der Waals surface area (Å²) in [5.74, 6) is 1.79. The molecule has 0 radical (unpaired) electrons. The summed E-state index contributed by atoms with van der Waals surface area (Å²) in [5, 5.41) is 3.04. The summed E-state index contributed by atoms with van der Waals surface area (Å²) < 4.78 is 0. The molecule has 1 aliphatic heterocycles. The van der Waals surface area contributed by atoms with Gasteiger partial charge in [-0.05, 0) is 47.9 Å². The normalized spacial score (nSPS) is 19.2. The van der Waals surface area contributed by atoms with Crippen LogP contribution in [0.3, 0.4) is 0 Å². The number of carbonyl (C=O) groups excluding carboxylic acids is 1. The van der Waals surface area contributed by atoms with E-state index in [1.54, 1.807) is 22.2 Å². The maximum absolute atomic E-state index is 12.5. The highest BCUT2D eigenvalue weighted by Crippen LogP contribution is 2.43. The number of thiophene rings is 1. The molecular formula is C20H21NOS2. The molecule has 2 aliphatic rings. The summed E-state index contributed by atoms with van der Waals surface area (Å²) in [5.41, 5.74) is 4.21. The van der Waals surface area contributed by atoms with Crippen LogP contribution in [0.25, 0.3) is 6.08 Å². The number of nitrogens with one attached hydrogen (secondary N) is 1. The van der Waals surface area contributed by atoms with E-state index in [0.717, 1.165) is 22.1 Å². The summed E-state index contributed by atoms with van der Waals surface area (Å²) in [7, 11) is 0. The molecule has 24 heavy (non-hydrogen) atoms. The molecule has 124 valence electrons. The minimum atomic E-state index is 0.0502. The molecule has 0 saturated heterocycles. The Bertz CT molecular complexity index is 791. The fourth-order valence-corrected chi connectivity index (χ4v) is 6.10. The van der Waals surface area contributed by atoms with Crippen molar-refractivity contribution in [3.05, 3.63) is 61.7 Å². The van der Waals surface area contributed by atoms with Gasteiger partial charge in [0.25, 0.3) is 5.91 Å². The zero-order valence-corrected chi connectivity index (χ0v) is 15.4. The summed E-state index contributed by atoms with van der Waals surface area (Å²) >= 11 is 3.59. The summed E-state index contributed by atoms with van der Waals surface area (Å²) in [4.78, 5) is 16.2. The lowest BCUT2D eigenvalue weighted by Crippen LogP contribution is -2.24. The number of thioether (sulfide) groups is 1. The number of rotatable bonds is 3. The molecule has 1 atom stereocenters. The van der Waals surface area contributed by atoms with E-state index in [4.69, 9.17) is 0 Å². The van der Waals surface area contributed by atoms with Crippen molar-refractivity contribution in [2.45, 2.75) is 38.5 Å². The molecule has 0 bridgehead atoms. The van der Waals surface area contributed by atoms with Crippen molar-refractivity contribution in [1.29, 1.82) is 0 Å². The van der Waals surface area contributed by atoms with Gasteiger partial charge >= 0.3 is 0 Å². The van der Waals surface area contributed by atoms with Gasteiger partial charge in [0.15, 0.2) is 0 Å². The van der Waals surface area contributed by atoms with Crippen LogP contribution in [0.2, 0.25) is 0 Å². The van der Waals surface area contributed by atoms with Crippen LogP contribution in [0.15, 0.2) is 35.2 Å². The number of amides is 1. The van der Waals surface area contributed by atoms with E-state index < -0.39 is 0 Å². The predicted octanol–water partition coefficient (Wildman–Crippen LogP) is 4.78. The topological polar surface area (TPSA) is 29.1 Å². The summed E-state index contributed by atoms with van der Waals surface area (Å²) in [6.07, 6.45) is 5.83. The third-order valence-electron chi connectivity index (χ3n) is 4.81. The van der Waals surface area contributed by atoms with Crippen LogP contribution in [-0.4, -0.2) is 5.91 Å². The number of hydrogen-bond donors (Lipinski definition) is 1. The number of benzene rings is 1. The average molecular weight is 356 g/mol. The van der Waals surface area contributed by atoms with Crippen LogP contribution < -0.4 is 5.32 Å². The Kier molecular flexibility index (Phi) is 4.51. The Morgan fingerprint density at radius 3 is 2.92 bits per heavy atom. The maximum atomic E-state index is 12.5. The first-order valence-electron chi connectivity index (χ1n) is 8.50. The fourth-order valence-electron chi connectivity index (χ4n) is 3.42. The van der Waals surface area contributed by atoms with E-state index in [-0.39, 0.29) is 5.91 Å². The largest absolute Gasteiger partial charge is 0.348 e. The molecule has 1 aliphatic carbocycles. The van der Waals surface area contributed by atoms with Crippen molar-refractivity contribution in [3.8, 4) is 0 Å². The minimum Gasteiger partial charge on any atom is -0.348 e. The molecule has 2 nitrogen and oxygen atoms in total. The van der Waals surface area contributed by atoms with Crippen molar-refractivity contribution in [1.82, 2.24) is 5.32 Å². The van der Waals surface area contributed by atoms with Crippen LogP contribution in [0, 0.1) is 5.92 Å². The van der Waals surface area contributed by atoms with Gasteiger partial charge in [-0.2, -0.15) is 0 Å². The first-order valence-corrected chi connectivity index (χ1v) is 10.3. The lowest BCUT2D eigenvalue weighted by molar-refractivity contribution is -0.116. The molecule has 1 amide bonds. The van der Waals surface area contributed by atoms with Gasteiger partial charge in [0.2, 0.25) is 0 Å². The van der Waals surface area contributed by atoms with Crippen molar-refractivity contribution in [2.24, 2.45) is 5.92 Å². The van der Waals surface area contributed by atoms with E-state index in [2.05, 4.69) is 18.3 Å². The van der Waals surface area contributed by atoms with Crippen LogP contribution in [0.1, 0.15) is 39.8 Å². The lowest BCUT2D eigenvalue weighted by Gasteiger charge is -2.19. The fraction of sp³-hybridized carbons (Fsp3) is 0.350. The zero-order valence-electron chi connectivity index (χ0n) is 13.8. The van der Waals surface area contributed by atoms with Gasteiger partial charge in [-0.1, -0.05) is 37.3 Å². The van der Waals surface area contributed by atoms with Gasteiger partial charge in [-0.25, -0.2) is 0 Å². The van der Waals surface area contributed by atoms with Crippen LogP contribution in [-0.2, 0) is 29.9 Å². The number of fused-ring (bicyclic) bond motifs is 3. The lowest BCUT2D eigenvalue weighted by atomic mass is 9.88. The summed E-state index contributed by atoms with van der Waals surface area (Å²) in [6, 6.07) is 10.1. The minimum absolute atomic E-state index is 0.0502. The second-order valence-corrected chi connectivity index (χ2v) is 8.81. The van der Waals surface area contributed by atoms with E-state index in [9.17, 15) is 4.79 Å². The van der Waals surface area contributed by atoms with Crippen LogP contribution in [0.5, 0.6) is 0 Å². The van der Waals surface area contributed by atoms with Crippen LogP contribution in [0.4, 0.5) is 0 Å². The second-order valence-electron chi connectivity index (χ2n) is 6.66. The molecule has 2 aromatic rings. The zero-order chi connectivity index (χ0) is 16.5. The van der Waals surface area contributed by atoms with E-state index in [0.29, 0.717) is 6.54 Å². The van der Waals surface area contributed by atoms with Crippen molar-refractivity contribution >= 4 is 35.1 Å². The molecular weight excluding hydrogens is 334 g/mol. The van der Waals surface area contributed by atoms with Crippen molar-refractivity contribution < 1.29 is 4.79 Å². The van der Waals surface area contributed by atoms with Crippen LogP contribution >= 0.6 is 23.1 Å². The van der Waals surface area contributed by atoms with Gasteiger partial charge < -0.3 is 5.32 Å². The standard InChI is InChI=1S/C20H21NOS2/c1-13-7-8-15-16-12-23-19(10-18(16)24-17(15)9-13)20(22)21-11-14-5-3-2-4-6-14/h2-6,10,13H,7-9,11-12H2,1H3,(H,21,22). The highest BCUT2D eigenvalue weighted by molar-refractivity contribution is 8.03. The van der Waals surface area contributed by atoms with E-state index in [1.165, 1.54) is 29.7 Å². The van der Waals surface area contributed by atoms with Crippen molar-refractivity contribution in [3.63, 3.8) is 0 Å². The molecule has 4 heteroatoms. The Morgan fingerprint density at radius 2 is 2.08 bits per heavy atom. The number of hydrogen-bond acceptors (Lipinski definition) is 3. The predicted molar refractivity (Wildman–Crippen MR) is 103 cm³/mol. The van der Waals surface area contributed by atoms with Gasteiger partial charge in [0.1, 0.15) is 0 Å². The molecule has 2 heterocycles. The third kappa shape index (κ3) is 3.17. The molecule has 0 spiro atoms. The highest BCUT2D eigenvalue weighted by atomic mass is 32.2. The number of carbonyl (C=O) groups is 1. The monoisotopic (exact) mass is 355 g/mol. The Labute approximate surface area is 151 Å². The smallest absolute Gasteiger partial charge is 0.258 e. The molecule has 0 fully saturated rings. The molecule has 4 rings (SSSR count). The molecule has 1 unspecified atom stereocenters. The molecule has 1 aromatic heterocycles. The first kappa shape index (κ1) is 16.0. The SMILES string of the molecule is CC1CCc2c(sc3c2CSC(C(=O)NCc2ccccc2)=C3)C1. The second kappa shape index (κ2) is 6.77. The quantitative estimate of drug-likeness (QED) is 0.859.